The lowest BCUT2D eigenvalue weighted by molar-refractivity contribution is 0.0959. The Morgan fingerprint density at radius 2 is 2.00 bits per heavy atom. The minimum Gasteiger partial charge on any atom is -0.486 e. The van der Waals surface area contributed by atoms with Gasteiger partial charge in [0, 0.05) is 7.05 Å². The van der Waals surface area contributed by atoms with Crippen molar-refractivity contribution in [3.8, 4) is 5.75 Å². The van der Waals surface area contributed by atoms with Gasteiger partial charge in [-0.3, -0.25) is 4.79 Å². The van der Waals surface area contributed by atoms with Crippen LogP contribution in [0.1, 0.15) is 48.1 Å². The van der Waals surface area contributed by atoms with Crippen molar-refractivity contribution in [2.45, 2.75) is 39.7 Å². The van der Waals surface area contributed by atoms with Gasteiger partial charge in [-0.25, -0.2) is 9.97 Å². The summed E-state index contributed by atoms with van der Waals surface area (Å²) in [6.07, 6.45) is 0. The average Bonchev–Trinajstić information content (AvgIpc) is 2.51. The van der Waals surface area contributed by atoms with Crippen LogP contribution in [0.4, 0.5) is 5.95 Å². The van der Waals surface area contributed by atoms with Crippen molar-refractivity contribution in [3.63, 3.8) is 0 Å². The smallest absolute Gasteiger partial charge is 0.254 e. The Morgan fingerprint density at radius 3 is 2.56 bits per heavy atom. The molecule has 7 heteroatoms. The monoisotopic (exact) mass is 406 g/mol. The molecule has 1 heterocycles. The molecular formula is C18H23BrN4O2. The van der Waals surface area contributed by atoms with Crippen molar-refractivity contribution < 1.29 is 9.53 Å². The predicted molar refractivity (Wildman–Crippen MR) is 102 cm³/mol. The first-order valence-electron chi connectivity index (χ1n) is 7.91. The van der Waals surface area contributed by atoms with E-state index < -0.39 is 0 Å². The predicted octanol–water partition coefficient (Wildman–Crippen LogP) is 3.37. The number of nitrogen functional groups attached to an aromatic ring is 1. The third-order valence-corrected chi connectivity index (χ3v) is 4.42. The molecule has 0 fully saturated rings. The maximum Gasteiger partial charge on any atom is 0.254 e. The van der Waals surface area contributed by atoms with Gasteiger partial charge in [-0.15, -0.1) is 0 Å². The summed E-state index contributed by atoms with van der Waals surface area (Å²) in [7, 11) is 1.56. The van der Waals surface area contributed by atoms with E-state index in [4.69, 9.17) is 10.5 Å². The lowest BCUT2D eigenvalue weighted by Crippen LogP contribution is -2.23. The second-order valence-electron chi connectivity index (χ2n) is 6.75. The maximum absolute atomic E-state index is 12.1. The summed E-state index contributed by atoms with van der Waals surface area (Å²) in [5, 5.41) is 2.59. The number of hydrogen-bond acceptors (Lipinski definition) is 5. The lowest BCUT2D eigenvalue weighted by atomic mass is 9.87. The molecule has 0 spiro atoms. The highest BCUT2D eigenvalue weighted by Gasteiger charge is 2.19. The zero-order valence-corrected chi connectivity index (χ0v) is 16.7. The molecule has 0 aliphatic heterocycles. The number of rotatable bonds is 4. The van der Waals surface area contributed by atoms with E-state index in [9.17, 15) is 4.79 Å². The van der Waals surface area contributed by atoms with E-state index in [1.165, 1.54) is 5.56 Å². The van der Waals surface area contributed by atoms with Crippen LogP contribution in [0.25, 0.3) is 0 Å². The van der Waals surface area contributed by atoms with Gasteiger partial charge in [-0.1, -0.05) is 26.8 Å². The normalized spacial score (nSPS) is 11.3. The number of carbonyl (C=O) groups excluding carboxylic acids is 1. The number of aromatic nitrogens is 2. The Hall–Kier alpha value is -2.15. The zero-order valence-electron chi connectivity index (χ0n) is 15.1. The Kier molecular flexibility index (Phi) is 5.67. The van der Waals surface area contributed by atoms with Crippen LogP contribution in [0.2, 0.25) is 0 Å². The standard InChI is InChI=1S/C18H23BrN4O2/c1-10-15(16(24)21-5)13(23-17(20)22-10)9-25-14-7-6-11(8-12(14)19)18(2,3)4/h6-8H,9H2,1-5H3,(H,21,24)(H2,20,22,23). The number of ether oxygens (including phenoxy) is 1. The van der Waals surface area contributed by atoms with Gasteiger partial charge in [-0.2, -0.15) is 0 Å². The Labute approximate surface area is 156 Å². The van der Waals surface area contributed by atoms with E-state index in [1.54, 1.807) is 14.0 Å². The van der Waals surface area contributed by atoms with Crippen molar-refractivity contribution in [2.75, 3.05) is 12.8 Å². The number of amides is 1. The molecule has 1 amide bonds. The number of anilines is 1. The van der Waals surface area contributed by atoms with Gasteiger partial charge < -0.3 is 15.8 Å². The summed E-state index contributed by atoms with van der Waals surface area (Å²) in [5.41, 5.74) is 8.32. The van der Waals surface area contributed by atoms with Gasteiger partial charge in [-0.05, 0) is 46.0 Å². The van der Waals surface area contributed by atoms with E-state index in [1.807, 2.05) is 18.2 Å². The number of nitrogens with one attached hydrogen (secondary N) is 1. The Bertz CT molecular complexity index is 800. The molecule has 0 unspecified atom stereocenters. The highest BCUT2D eigenvalue weighted by molar-refractivity contribution is 9.10. The van der Waals surface area contributed by atoms with Crippen LogP contribution in [-0.2, 0) is 12.0 Å². The van der Waals surface area contributed by atoms with Gasteiger partial charge in [0.15, 0.2) is 0 Å². The summed E-state index contributed by atoms with van der Waals surface area (Å²) in [5.74, 6) is 0.523. The number of nitrogens with two attached hydrogens (primary N) is 1. The van der Waals surface area contributed by atoms with E-state index in [-0.39, 0.29) is 23.9 Å². The molecule has 0 bridgehead atoms. The summed E-state index contributed by atoms with van der Waals surface area (Å²) in [4.78, 5) is 20.3. The molecule has 0 aliphatic carbocycles. The van der Waals surface area contributed by atoms with E-state index in [0.717, 1.165) is 4.47 Å². The molecule has 134 valence electrons. The number of carbonyl (C=O) groups is 1. The topological polar surface area (TPSA) is 90.1 Å². The van der Waals surface area contributed by atoms with Crippen LogP contribution in [-0.4, -0.2) is 22.9 Å². The molecule has 2 aromatic rings. The molecule has 6 nitrogen and oxygen atoms in total. The first-order valence-corrected chi connectivity index (χ1v) is 8.70. The van der Waals surface area contributed by atoms with E-state index in [0.29, 0.717) is 22.7 Å². The molecule has 2 rings (SSSR count). The molecule has 1 aromatic heterocycles. The summed E-state index contributed by atoms with van der Waals surface area (Å²) in [6, 6.07) is 5.97. The van der Waals surface area contributed by atoms with Crippen molar-refractivity contribution in [2.24, 2.45) is 0 Å². The van der Waals surface area contributed by atoms with Crippen molar-refractivity contribution in [1.82, 2.24) is 15.3 Å². The van der Waals surface area contributed by atoms with Gasteiger partial charge in [0.2, 0.25) is 5.95 Å². The number of benzene rings is 1. The van der Waals surface area contributed by atoms with Crippen LogP contribution in [0.15, 0.2) is 22.7 Å². The Morgan fingerprint density at radius 1 is 1.32 bits per heavy atom. The number of nitrogens with zero attached hydrogens (tertiary/aromatic N) is 2. The zero-order chi connectivity index (χ0) is 18.8. The summed E-state index contributed by atoms with van der Waals surface area (Å²) < 4.78 is 6.71. The fraction of sp³-hybridized carbons (Fsp3) is 0.389. The fourth-order valence-electron chi connectivity index (χ4n) is 2.41. The molecule has 0 radical (unpaired) electrons. The van der Waals surface area contributed by atoms with Gasteiger partial charge >= 0.3 is 0 Å². The lowest BCUT2D eigenvalue weighted by Gasteiger charge is -2.20. The maximum atomic E-state index is 12.1. The van der Waals surface area contributed by atoms with Crippen LogP contribution in [0.3, 0.4) is 0 Å². The highest BCUT2D eigenvalue weighted by atomic mass is 79.9. The number of aryl methyl sites for hydroxylation is 1. The van der Waals surface area contributed by atoms with Crippen molar-refractivity contribution >= 4 is 27.8 Å². The molecule has 0 saturated heterocycles. The molecule has 1 aromatic carbocycles. The second-order valence-corrected chi connectivity index (χ2v) is 7.61. The third kappa shape index (κ3) is 4.48. The van der Waals surface area contributed by atoms with E-state index >= 15 is 0 Å². The van der Waals surface area contributed by atoms with Gasteiger partial charge in [0.25, 0.3) is 5.91 Å². The van der Waals surface area contributed by atoms with Crippen LogP contribution in [0.5, 0.6) is 5.75 Å². The average molecular weight is 407 g/mol. The fourth-order valence-corrected chi connectivity index (χ4v) is 2.90. The second kappa shape index (κ2) is 7.39. The van der Waals surface area contributed by atoms with Crippen LogP contribution >= 0.6 is 15.9 Å². The molecule has 3 N–H and O–H groups in total. The van der Waals surface area contributed by atoms with Crippen LogP contribution in [0, 0.1) is 6.92 Å². The van der Waals surface area contributed by atoms with Gasteiger partial charge in [0.1, 0.15) is 12.4 Å². The Balaban J connectivity index is 2.29. The first-order chi connectivity index (χ1) is 11.6. The molecular weight excluding hydrogens is 384 g/mol. The van der Waals surface area contributed by atoms with Crippen LogP contribution < -0.4 is 15.8 Å². The third-order valence-electron chi connectivity index (χ3n) is 3.80. The minimum absolute atomic E-state index is 0.0473. The number of hydrogen-bond donors (Lipinski definition) is 2. The largest absolute Gasteiger partial charge is 0.486 e. The van der Waals surface area contributed by atoms with Crippen molar-refractivity contribution in [1.29, 1.82) is 0 Å². The van der Waals surface area contributed by atoms with Gasteiger partial charge in [0.05, 0.1) is 21.4 Å². The quantitative estimate of drug-likeness (QED) is 0.811. The first kappa shape index (κ1) is 19.2. The molecule has 0 saturated carbocycles. The summed E-state index contributed by atoms with van der Waals surface area (Å²) in [6.45, 7) is 8.29. The van der Waals surface area contributed by atoms with E-state index in [2.05, 4.69) is 52.0 Å². The number of halogens is 1. The summed E-state index contributed by atoms with van der Waals surface area (Å²) >= 11 is 3.54. The SMILES string of the molecule is CNC(=O)c1c(C)nc(N)nc1COc1ccc(C(C)(C)C)cc1Br. The highest BCUT2D eigenvalue weighted by Crippen LogP contribution is 2.32. The molecule has 0 atom stereocenters. The molecule has 25 heavy (non-hydrogen) atoms. The molecule has 0 aliphatic rings. The minimum atomic E-state index is -0.266. The van der Waals surface area contributed by atoms with Crippen molar-refractivity contribution in [3.05, 3.63) is 45.2 Å².